The number of aliphatic hydroxyl groups excluding tert-OH is 1. The van der Waals surface area contributed by atoms with Crippen molar-refractivity contribution in [2.24, 2.45) is 0 Å². The van der Waals surface area contributed by atoms with E-state index >= 15 is 0 Å². The lowest BCUT2D eigenvalue weighted by molar-refractivity contribution is -0.131. The number of hydrogen-bond donors (Lipinski definition) is 4. The molecule has 236 valence electrons. The first kappa shape index (κ1) is 34.3. The summed E-state index contributed by atoms with van der Waals surface area (Å²) in [5, 5.41) is 23.5. The number of nitrogens with zero attached hydrogens (tertiary/aromatic N) is 1. The number of halogens is 1. The maximum atomic E-state index is 13.3. The lowest BCUT2D eigenvalue weighted by Crippen LogP contribution is -2.39. The highest BCUT2D eigenvalue weighted by Crippen LogP contribution is 2.30. The Labute approximate surface area is 264 Å². The number of carbonyl (C=O) groups is 2. The van der Waals surface area contributed by atoms with Crippen LogP contribution in [-0.4, -0.2) is 60.4 Å². The van der Waals surface area contributed by atoms with E-state index in [-0.39, 0.29) is 23.9 Å². The molecule has 3 aromatic carbocycles. The molecule has 4 rings (SSSR count). The molecule has 0 radical (unpaired) electrons. The van der Waals surface area contributed by atoms with Gasteiger partial charge in [-0.15, -0.1) is 0 Å². The van der Waals surface area contributed by atoms with Crippen molar-refractivity contribution in [3.8, 4) is 11.5 Å². The minimum absolute atomic E-state index is 0.0330. The van der Waals surface area contributed by atoms with Gasteiger partial charge in [-0.05, 0) is 85.9 Å². The van der Waals surface area contributed by atoms with Crippen molar-refractivity contribution in [3.63, 3.8) is 0 Å². The third kappa shape index (κ3) is 9.92. The SMILES string of the molecule is CCCC/C=C(\Nc1ccccc1Cl)Nc1ccc(CC(=O)N2CCCC2COc2ccc(C(=O)O)cc2)cc1OC.CO. The minimum Gasteiger partial charge on any atom is -0.495 e. The monoisotopic (exact) mass is 623 g/mol. The molecular formula is C34H42ClN3O6. The second kappa shape index (κ2) is 17.8. The van der Waals surface area contributed by atoms with Crippen molar-refractivity contribution < 1.29 is 29.3 Å². The molecule has 0 spiro atoms. The molecular weight excluding hydrogens is 582 g/mol. The number of likely N-dealkylation sites (tertiary alicyclic amines) is 1. The molecule has 44 heavy (non-hydrogen) atoms. The zero-order valence-electron chi connectivity index (χ0n) is 25.5. The van der Waals surface area contributed by atoms with Crippen LogP contribution in [0, 0.1) is 0 Å². The first-order valence-electron chi connectivity index (χ1n) is 14.7. The number of methoxy groups -OCH3 is 1. The van der Waals surface area contributed by atoms with Crippen molar-refractivity contribution in [1.82, 2.24) is 4.90 Å². The summed E-state index contributed by atoms with van der Waals surface area (Å²) in [6.07, 6.45) is 7.18. The summed E-state index contributed by atoms with van der Waals surface area (Å²) in [7, 11) is 2.62. The number of carbonyl (C=O) groups excluding carboxylic acids is 1. The number of rotatable bonds is 14. The maximum Gasteiger partial charge on any atom is 0.335 e. The first-order chi connectivity index (χ1) is 21.4. The topological polar surface area (TPSA) is 120 Å². The van der Waals surface area contributed by atoms with Gasteiger partial charge in [-0.1, -0.05) is 43.1 Å². The predicted molar refractivity (Wildman–Crippen MR) is 175 cm³/mol. The predicted octanol–water partition coefficient (Wildman–Crippen LogP) is 6.82. The molecule has 1 aliphatic heterocycles. The number of ether oxygens (including phenoxy) is 2. The van der Waals surface area contributed by atoms with Gasteiger partial charge < -0.3 is 35.2 Å². The Morgan fingerprint density at radius 1 is 1.05 bits per heavy atom. The largest absolute Gasteiger partial charge is 0.495 e. The summed E-state index contributed by atoms with van der Waals surface area (Å²) in [6, 6.07) is 19.6. The lowest BCUT2D eigenvalue weighted by Gasteiger charge is -2.25. The van der Waals surface area contributed by atoms with Crippen LogP contribution in [0.3, 0.4) is 0 Å². The number of para-hydroxylation sites is 1. The molecule has 1 amide bonds. The molecule has 4 N–H and O–H groups in total. The average molecular weight is 624 g/mol. The second-order valence-corrected chi connectivity index (χ2v) is 10.6. The van der Waals surface area contributed by atoms with E-state index in [4.69, 9.17) is 31.3 Å². The quantitative estimate of drug-likeness (QED) is 0.144. The van der Waals surface area contributed by atoms with Crippen LogP contribution in [0.5, 0.6) is 11.5 Å². The summed E-state index contributed by atoms with van der Waals surface area (Å²) in [5.41, 5.74) is 2.64. The van der Waals surface area contributed by atoms with E-state index in [2.05, 4.69) is 23.6 Å². The van der Waals surface area contributed by atoms with Crippen molar-refractivity contribution in [3.05, 3.63) is 94.8 Å². The van der Waals surface area contributed by atoms with Crippen LogP contribution in [0.4, 0.5) is 11.4 Å². The molecule has 1 unspecified atom stereocenters. The molecule has 10 heteroatoms. The number of allylic oxidation sites excluding steroid dienone is 1. The van der Waals surface area contributed by atoms with Gasteiger partial charge in [-0.25, -0.2) is 4.79 Å². The molecule has 1 saturated heterocycles. The van der Waals surface area contributed by atoms with E-state index in [0.29, 0.717) is 29.7 Å². The lowest BCUT2D eigenvalue weighted by atomic mass is 10.1. The number of aliphatic hydroxyl groups is 1. The standard InChI is InChI=1S/C33H38ClN3O5.CH4O/c1-3-4-5-12-31(35-28-11-7-6-10-27(28)34)36-29-18-13-23(20-30(29)41-2)21-32(38)37-19-8-9-25(37)22-42-26-16-14-24(15-17-26)33(39)40;1-2/h6-7,10-18,20,25,35-36H,3-5,8-9,19,21-22H2,1-2H3,(H,39,40);2H,1H3/b31-12+;. The van der Waals surface area contributed by atoms with E-state index in [1.165, 1.54) is 12.1 Å². The number of carboxylic acid groups (broad SMARTS) is 1. The third-order valence-corrected chi connectivity index (χ3v) is 7.51. The molecule has 0 aromatic heterocycles. The fourth-order valence-electron chi connectivity index (χ4n) is 4.89. The molecule has 1 fully saturated rings. The van der Waals surface area contributed by atoms with E-state index < -0.39 is 5.97 Å². The van der Waals surface area contributed by atoms with Gasteiger partial charge in [0.2, 0.25) is 5.91 Å². The number of anilines is 2. The van der Waals surface area contributed by atoms with Gasteiger partial charge in [0.1, 0.15) is 23.9 Å². The smallest absolute Gasteiger partial charge is 0.335 e. The Bertz CT molecular complexity index is 1400. The van der Waals surface area contributed by atoms with Crippen molar-refractivity contribution in [2.45, 2.75) is 51.5 Å². The molecule has 1 aliphatic rings. The number of carboxylic acids is 1. The number of benzene rings is 3. The highest BCUT2D eigenvalue weighted by molar-refractivity contribution is 6.33. The van der Waals surface area contributed by atoms with Crippen molar-refractivity contribution in [2.75, 3.05) is 38.0 Å². The van der Waals surface area contributed by atoms with E-state index in [0.717, 1.165) is 62.0 Å². The zero-order valence-corrected chi connectivity index (χ0v) is 26.3. The number of unbranched alkanes of at least 4 members (excludes halogenated alkanes) is 2. The van der Waals surface area contributed by atoms with E-state index in [1.54, 1.807) is 19.2 Å². The van der Waals surface area contributed by atoms with Crippen LogP contribution in [0.25, 0.3) is 0 Å². The third-order valence-electron chi connectivity index (χ3n) is 7.18. The van der Waals surface area contributed by atoms with Gasteiger partial charge in [-0.3, -0.25) is 4.79 Å². The zero-order chi connectivity index (χ0) is 31.9. The maximum absolute atomic E-state index is 13.3. The summed E-state index contributed by atoms with van der Waals surface area (Å²) in [6.45, 7) is 3.20. The van der Waals surface area contributed by atoms with Crippen LogP contribution in [0.2, 0.25) is 5.02 Å². The van der Waals surface area contributed by atoms with Gasteiger partial charge in [0.15, 0.2) is 0 Å². The minimum atomic E-state index is -0.979. The Morgan fingerprint density at radius 3 is 2.45 bits per heavy atom. The number of nitrogens with one attached hydrogen (secondary N) is 2. The Kier molecular flexibility index (Phi) is 13.9. The Balaban J connectivity index is 0.00000259. The van der Waals surface area contributed by atoms with Crippen LogP contribution in [-0.2, 0) is 11.2 Å². The molecule has 0 aliphatic carbocycles. The number of hydrogen-bond acceptors (Lipinski definition) is 7. The fraction of sp³-hybridized carbons (Fsp3) is 0.353. The van der Waals surface area contributed by atoms with Crippen LogP contribution in [0.1, 0.15) is 54.9 Å². The summed E-state index contributed by atoms with van der Waals surface area (Å²) >= 11 is 6.39. The average Bonchev–Trinajstić information content (AvgIpc) is 3.52. The number of amides is 1. The summed E-state index contributed by atoms with van der Waals surface area (Å²) in [4.78, 5) is 26.3. The Hall–Kier alpha value is -4.21. The van der Waals surface area contributed by atoms with Crippen LogP contribution < -0.4 is 20.1 Å². The highest BCUT2D eigenvalue weighted by atomic mass is 35.5. The van der Waals surface area contributed by atoms with Crippen LogP contribution >= 0.6 is 11.6 Å². The normalized spacial score (nSPS) is 14.3. The van der Waals surface area contributed by atoms with Gasteiger partial charge in [-0.2, -0.15) is 0 Å². The summed E-state index contributed by atoms with van der Waals surface area (Å²) < 4.78 is 11.6. The molecule has 9 nitrogen and oxygen atoms in total. The fourth-order valence-corrected chi connectivity index (χ4v) is 5.07. The van der Waals surface area contributed by atoms with Crippen molar-refractivity contribution in [1.29, 1.82) is 0 Å². The Morgan fingerprint density at radius 2 is 1.77 bits per heavy atom. The highest BCUT2D eigenvalue weighted by Gasteiger charge is 2.29. The molecule has 1 atom stereocenters. The molecule has 0 bridgehead atoms. The van der Waals surface area contributed by atoms with Gasteiger partial charge in [0.25, 0.3) is 0 Å². The second-order valence-electron chi connectivity index (χ2n) is 10.2. The number of aromatic carboxylic acids is 1. The van der Waals surface area contributed by atoms with Gasteiger partial charge in [0, 0.05) is 13.7 Å². The van der Waals surface area contributed by atoms with Gasteiger partial charge in [0.05, 0.1) is 41.5 Å². The van der Waals surface area contributed by atoms with Crippen LogP contribution in [0.15, 0.2) is 78.6 Å². The molecule has 1 heterocycles. The van der Waals surface area contributed by atoms with Crippen molar-refractivity contribution >= 4 is 34.9 Å². The van der Waals surface area contributed by atoms with E-state index in [1.807, 2.05) is 47.4 Å². The van der Waals surface area contributed by atoms with Gasteiger partial charge >= 0.3 is 5.97 Å². The summed E-state index contributed by atoms with van der Waals surface area (Å²) in [5.74, 6) is 1.07. The molecule has 3 aromatic rings. The van der Waals surface area contributed by atoms with E-state index in [9.17, 15) is 9.59 Å². The molecule has 0 saturated carbocycles. The first-order valence-corrected chi connectivity index (χ1v) is 15.1.